The number of carbonyl (C=O) groups excluding carboxylic acids is 1. The fourth-order valence-electron chi connectivity index (χ4n) is 2.63. The molecule has 0 saturated heterocycles. The first-order valence-electron chi connectivity index (χ1n) is 6.23. The van der Waals surface area contributed by atoms with Gasteiger partial charge in [0.1, 0.15) is 0 Å². The van der Waals surface area contributed by atoms with Crippen LogP contribution in [0.2, 0.25) is 0 Å². The van der Waals surface area contributed by atoms with Crippen LogP contribution in [0.3, 0.4) is 0 Å². The molecular formula is C16H14INO. The van der Waals surface area contributed by atoms with Gasteiger partial charge < -0.3 is 0 Å². The summed E-state index contributed by atoms with van der Waals surface area (Å²) in [6, 6.07) is 17.6. The number of fused-ring (bicyclic) bond motifs is 1. The van der Waals surface area contributed by atoms with Gasteiger partial charge in [0.15, 0.2) is 0 Å². The SMILES string of the molecule is CC1(CI)c2ccccc2N1C(=O)c1ccccc1. The normalized spacial score (nSPS) is 20.6. The third kappa shape index (κ3) is 1.79. The van der Waals surface area contributed by atoms with Gasteiger partial charge in [-0.3, -0.25) is 9.69 Å². The summed E-state index contributed by atoms with van der Waals surface area (Å²) in [7, 11) is 0. The van der Waals surface area contributed by atoms with Crippen molar-refractivity contribution in [3.05, 3.63) is 65.7 Å². The number of hydrogen-bond acceptors (Lipinski definition) is 1. The molecule has 0 saturated carbocycles. The van der Waals surface area contributed by atoms with Crippen LogP contribution in [0.1, 0.15) is 22.8 Å². The first-order chi connectivity index (χ1) is 9.18. The summed E-state index contributed by atoms with van der Waals surface area (Å²) in [4.78, 5) is 14.6. The minimum absolute atomic E-state index is 0.0819. The van der Waals surface area contributed by atoms with E-state index in [1.54, 1.807) is 0 Å². The summed E-state index contributed by atoms with van der Waals surface area (Å²) in [5.41, 5.74) is 2.85. The maximum absolute atomic E-state index is 12.7. The number of halogens is 1. The lowest BCUT2D eigenvalue weighted by molar-refractivity contribution is 0.0951. The van der Waals surface area contributed by atoms with Crippen molar-refractivity contribution in [2.75, 3.05) is 9.33 Å². The second-order valence-electron chi connectivity index (χ2n) is 4.93. The van der Waals surface area contributed by atoms with Gasteiger partial charge in [-0.25, -0.2) is 0 Å². The first-order valence-corrected chi connectivity index (χ1v) is 7.76. The molecule has 1 atom stereocenters. The Labute approximate surface area is 126 Å². The number of benzene rings is 2. The number of para-hydroxylation sites is 1. The molecule has 3 rings (SSSR count). The Morgan fingerprint density at radius 2 is 1.74 bits per heavy atom. The number of carbonyl (C=O) groups is 1. The molecule has 96 valence electrons. The Kier molecular flexibility index (Phi) is 3.09. The molecule has 2 aromatic carbocycles. The fraction of sp³-hybridized carbons (Fsp3) is 0.188. The van der Waals surface area contributed by atoms with Gasteiger partial charge in [-0.1, -0.05) is 59.0 Å². The highest BCUT2D eigenvalue weighted by Gasteiger charge is 2.48. The Bertz CT molecular complexity index is 626. The zero-order valence-electron chi connectivity index (χ0n) is 10.6. The van der Waals surface area contributed by atoms with Crippen molar-refractivity contribution in [3.63, 3.8) is 0 Å². The van der Waals surface area contributed by atoms with Crippen LogP contribution in [0.25, 0.3) is 0 Å². The van der Waals surface area contributed by atoms with Crippen molar-refractivity contribution < 1.29 is 4.79 Å². The predicted octanol–water partition coefficient (Wildman–Crippen LogP) is 4.00. The third-order valence-corrected chi connectivity index (χ3v) is 5.19. The van der Waals surface area contributed by atoms with Gasteiger partial charge in [0.25, 0.3) is 5.91 Å². The molecule has 0 N–H and O–H groups in total. The molecular weight excluding hydrogens is 349 g/mol. The fourth-order valence-corrected chi connectivity index (χ4v) is 3.38. The van der Waals surface area contributed by atoms with Gasteiger partial charge in [-0.05, 0) is 25.1 Å². The van der Waals surface area contributed by atoms with Crippen LogP contribution < -0.4 is 4.90 Å². The van der Waals surface area contributed by atoms with Crippen LogP contribution in [0.15, 0.2) is 54.6 Å². The van der Waals surface area contributed by atoms with Gasteiger partial charge in [-0.2, -0.15) is 0 Å². The molecule has 1 aliphatic heterocycles. The monoisotopic (exact) mass is 363 g/mol. The number of hydrogen-bond donors (Lipinski definition) is 0. The second-order valence-corrected chi connectivity index (χ2v) is 5.69. The highest BCUT2D eigenvalue weighted by Crippen LogP contribution is 2.49. The van der Waals surface area contributed by atoms with Gasteiger partial charge >= 0.3 is 0 Å². The molecule has 0 fully saturated rings. The van der Waals surface area contributed by atoms with E-state index in [0.29, 0.717) is 0 Å². The maximum Gasteiger partial charge on any atom is 0.259 e. The van der Waals surface area contributed by atoms with Crippen LogP contribution in [-0.2, 0) is 5.54 Å². The molecule has 1 heterocycles. The lowest BCUT2D eigenvalue weighted by Gasteiger charge is -2.51. The number of rotatable bonds is 2. The standard InChI is InChI=1S/C16H14INO/c1-16(11-17)13-9-5-6-10-14(13)18(16)15(19)12-7-3-2-4-8-12/h2-10H,11H2,1H3. The summed E-state index contributed by atoms with van der Waals surface area (Å²) >= 11 is 2.35. The molecule has 1 unspecified atom stereocenters. The van der Waals surface area contributed by atoms with Crippen LogP contribution in [0, 0.1) is 0 Å². The summed E-state index contributed by atoms with van der Waals surface area (Å²) < 4.78 is 0.889. The van der Waals surface area contributed by atoms with E-state index in [1.165, 1.54) is 5.56 Å². The number of anilines is 1. The molecule has 3 heteroatoms. The van der Waals surface area contributed by atoms with E-state index in [0.717, 1.165) is 15.7 Å². The van der Waals surface area contributed by atoms with Crippen LogP contribution in [-0.4, -0.2) is 10.3 Å². The number of amides is 1. The van der Waals surface area contributed by atoms with E-state index in [-0.39, 0.29) is 11.4 Å². The summed E-state index contributed by atoms with van der Waals surface area (Å²) in [5.74, 6) is 0.0819. The average molecular weight is 363 g/mol. The topological polar surface area (TPSA) is 20.3 Å². The van der Waals surface area contributed by atoms with Gasteiger partial charge in [-0.15, -0.1) is 0 Å². The number of alkyl halides is 1. The minimum atomic E-state index is -0.190. The zero-order valence-corrected chi connectivity index (χ0v) is 12.8. The van der Waals surface area contributed by atoms with Crippen LogP contribution >= 0.6 is 22.6 Å². The van der Waals surface area contributed by atoms with Crippen molar-refractivity contribution in [3.8, 4) is 0 Å². The quantitative estimate of drug-likeness (QED) is 0.584. The van der Waals surface area contributed by atoms with E-state index in [1.807, 2.05) is 53.4 Å². The molecule has 1 aliphatic rings. The maximum atomic E-state index is 12.7. The molecule has 0 radical (unpaired) electrons. The van der Waals surface area contributed by atoms with Crippen molar-refractivity contribution >= 4 is 34.2 Å². The zero-order chi connectivity index (χ0) is 13.5. The third-order valence-electron chi connectivity index (χ3n) is 3.70. The van der Waals surface area contributed by atoms with E-state index >= 15 is 0 Å². The number of nitrogens with zero attached hydrogens (tertiary/aromatic N) is 1. The van der Waals surface area contributed by atoms with E-state index < -0.39 is 0 Å². The van der Waals surface area contributed by atoms with Crippen LogP contribution in [0.5, 0.6) is 0 Å². The molecule has 0 aliphatic carbocycles. The van der Waals surface area contributed by atoms with Crippen molar-refractivity contribution in [2.24, 2.45) is 0 Å². The Balaban J connectivity index is 2.05. The van der Waals surface area contributed by atoms with Gasteiger partial charge in [0.05, 0.1) is 11.2 Å². The second kappa shape index (κ2) is 4.63. The summed E-state index contributed by atoms with van der Waals surface area (Å²) in [6.45, 7) is 2.13. The molecule has 0 aromatic heterocycles. The minimum Gasteiger partial charge on any atom is -0.297 e. The van der Waals surface area contributed by atoms with Crippen molar-refractivity contribution in [2.45, 2.75) is 12.5 Å². The van der Waals surface area contributed by atoms with Crippen molar-refractivity contribution in [1.29, 1.82) is 0 Å². The average Bonchev–Trinajstić information content (AvgIpc) is 2.47. The van der Waals surface area contributed by atoms with Gasteiger partial charge in [0.2, 0.25) is 0 Å². The first kappa shape index (κ1) is 12.7. The lowest BCUT2D eigenvalue weighted by atomic mass is 9.81. The highest BCUT2D eigenvalue weighted by molar-refractivity contribution is 14.1. The predicted molar refractivity (Wildman–Crippen MR) is 85.9 cm³/mol. The molecule has 2 aromatic rings. The van der Waals surface area contributed by atoms with E-state index in [2.05, 4.69) is 35.6 Å². The smallest absolute Gasteiger partial charge is 0.259 e. The Morgan fingerprint density at radius 1 is 1.11 bits per heavy atom. The molecule has 1 amide bonds. The van der Waals surface area contributed by atoms with Gasteiger partial charge in [0, 0.05) is 15.6 Å². The molecule has 0 spiro atoms. The van der Waals surface area contributed by atoms with E-state index in [9.17, 15) is 4.79 Å². The highest BCUT2D eigenvalue weighted by atomic mass is 127. The largest absolute Gasteiger partial charge is 0.297 e. The van der Waals surface area contributed by atoms with Crippen molar-refractivity contribution in [1.82, 2.24) is 0 Å². The Morgan fingerprint density at radius 3 is 2.42 bits per heavy atom. The molecule has 0 bridgehead atoms. The Hall–Kier alpha value is -1.36. The lowest BCUT2D eigenvalue weighted by Crippen LogP contribution is -2.57. The van der Waals surface area contributed by atoms with Crippen LogP contribution in [0.4, 0.5) is 5.69 Å². The summed E-state index contributed by atoms with van der Waals surface area (Å²) in [5, 5.41) is 0. The summed E-state index contributed by atoms with van der Waals surface area (Å²) in [6.07, 6.45) is 0. The van der Waals surface area contributed by atoms with E-state index in [4.69, 9.17) is 0 Å². The molecule has 2 nitrogen and oxygen atoms in total. The molecule has 19 heavy (non-hydrogen) atoms.